The molecule has 0 bridgehead atoms. The van der Waals surface area contributed by atoms with Crippen molar-refractivity contribution in [1.82, 2.24) is 0 Å². The van der Waals surface area contributed by atoms with E-state index < -0.39 is 6.10 Å². The summed E-state index contributed by atoms with van der Waals surface area (Å²) in [6.45, 7) is 1.86. The Morgan fingerprint density at radius 1 is 1.44 bits per heavy atom. The van der Waals surface area contributed by atoms with Gasteiger partial charge in [0.05, 0.1) is 19.3 Å². The molecule has 1 unspecified atom stereocenters. The number of rotatable bonds is 2. The zero-order chi connectivity index (χ0) is 7.70. The molecule has 0 saturated carbocycles. The number of aliphatic hydroxyl groups excluding tert-OH is 3. The lowest BCUT2D eigenvalue weighted by molar-refractivity contribution is 0.110. The van der Waals surface area contributed by atoms with Gasteiger partial charge in [0.2, 0.25) is 0 Å². The van der Waals surface area contributed by atoms with Crippen LogP contribution >= 0.6 is 0 Å². The van der Waals surface area contributed by atoms with Crippen molar-refractivity contribution >= 4 is 0 Å². The summed E-state index contributed by atoms with van der Waals surface area (Å²) in [5.41, 5.74) is 4.78. The summed E-state index contributed by atoms with van der Waals surface area (Å²) in [5.74, 6) is 0. The average Bonchev–Trinajstić information content (AvgIpc) is 1.89. The summed E-state index contributed by atoms with van der Waals surface area (Å²) in [4.78, 5) is 0. The Labute approximate surface area is 54.9 Å². The van der Waals surface area contributed by atoms with Crippen molar-refractivity contribution in [3.05, 3.63) is 0 Å². The SMILES string of the molecule is CC(O)CO.NCCO. The van der Waals surface area contributed by atoms with Gasteiger partial charge in [-0.25, -0.2) is 0 Å². The molecule has 0 aromatic carbocycles. The van der Waals surface area contributed by atoms with Crippen molar-refractivity contribution in [1.29, 1.82) is 0 Å². The Morgan fingerprint density at radius 3 is 1.67 bits per heavy atom. The minimum absolute atomic E-state index is 0.0972. The lowest BCUT2D eigenvalue weighted by atomic mass is 10.5. The third-order valence-electron chi connectivity index (χ3n) is 0.393. The molecule has 0 heterocycles. The monoisotopic (exact) mass is 137 g/mol. The van der Waals surface area contributed by atoms with E-state index in [-0.39, 0.29) is 13.2 Å². The zero-order valence-corrected chi connectivity index (χ0v) is 5.62. The van der Waals surface area contributed by atoms with Crippen LogP contribution < -0.4 is 5.73 Å². The molecule has 4 heteroatoms. The molecule has 4 nitrogen and oxygen atoms in total. The van der Waals surface area contributed by atoms with E-state index in [2.05, 4.69) is 0 Å². The van der Waals surface area contributed by atoms with Crippen LogP contribution in [0.4, 0.5) is 0 Å². The standard InChI is InChI=1S/C3H8O2.C2H7NO/c1-3(5)2-4;3-1-2-4/h3-5H,2H2,1H3;4H,1-3H2. The van der Waals surface area contributed by atoms with Gasteiger partial charge in [-0.2, -0.15) is 0 Å². The van der Waals surface area contributed by atoms with Crippen LogP contribution in [0, 0.1) is 0 Å². The molecule has 1 atom stereocenters. The van der Waals surface area contributed by atoms with Crippen LogP contribution in [0.3, 0.4) is 0 Å². The quantitative estimate of drug-likeness (QED) is 0.365. The highest BCUT2D eigenvalue weighted by Gasteiger charge is 1.83. The van der Waals surface area contributed by atoms with Crippen molar-refractivity contribution in [2.75, 3.05) is 19.8 Å². The molecule has 0 aliphatic rings. The summed E-state index contributed by atoms with van der Waals surface area (Å²) >= 11 is 0. The lowest BCUT2D eigenvalue weighted by Crippen LogP contribution is -2.03. The number of nitrogens with two attached hydrogens (primary N) is 1. The maximum absolute atomic E-state index is 8.11. The summed E-state index contributed by atoms with van der Waals surface area (Å²) in [5, 5.41) is 23.8. The van der Waals surface area contributed by atoms with Crippen LogP contribution in [-0.2, 0) is 0 Å². The number of hydrogen-bond donors (Lipinski definition) is 4. The molecule has 0 aliphatic heterocycles. The first kappa shape index (κ1) is 11.6. The lowest BCUT2D eigenvalue weighted by Gasteiger charge is -1.90. The zero-order valence-electron chi connectivity index (χ0n) is 5.62. The Kier molecular flexibility index (Phi) is 13.9. The van der Waals surface area contributed by atoms with Crippen LogP contribution in [-0.4, -0.2) is 41.2 Å². The second kappa shape index (κ2) is 10.8. The molecule has 5 N–H and O–H groups in total. The highest BCUT2D eigenvalue weighted by molar-refractivity contribution is 4.34. The molecule has 0 spiro atoms. The van der Waals surface area contributed by atoms with E-state index in [9.17, 15) is 0 Å². The molecule has 0 fully saturated rings. The first-order valence-corrected chi connectivity index (χ1v) is 2.78. The van der Waals surface area contributed by atoms with Crippen LogP contribution in [0.25, 0.3) is 0 Å². The van der Waals surface area contributed by atoms with E-state index in [1.165, 1.54) is 6.92 Å². The van der Waals surface area contributed by atoms with E-state index in [1.807, 2.05) is 0 Å². The van der Waals surface area contributed by atoms with Crippen LogP contribution in [0.5, 0.6) is 0 Å². The minimum Gasteiger partial charge on any atom is -0.395 e. The van der Waals surface area contributed by atoms with E-state index in [4.69, 9.17) is 21.1 Å². The first-order valence-electron chi connectivity index (χ1n) is 2.78. The molecule has 0 aliphatic carbocycles. The Balaban J connectivity index is 0. The highest BCUT2D eigenvalue weighted by atomic mass is 16.3. The molecule has 0 amide bonds. The van der Waals surface area contributed by atoms with Gasteiger partial charge in [0, 0.05) is 6.54 Å². The fraction of sp³-hybridized carbons (Fsp3) is 1.00. The normalized spacial score (nSPS) is 11.7. The molecule has 0 rings (SSSR count). The average molecular weight is 137 g/mol. The van der Waals surface area contributed by atoms with Crippen LogP contribution in [0.15, 0.2) is 0 Å². The number of hydrogen-bond acceptors (Lipinski definition) is 4. The van der Waals surface area contributed by atoms with Crippen molar-refractivity contribution < 1.29 is 15.3 Å². The van der Waals surface area contributed by atoms with Gasteiger partial charge in [0.1, 0.15) is 0 Å². The third kappa shape index (κ3) is 33.2. The predicted molar refractivity (Wildman–Crippen MR) is 34.9 cm³/mol. The van der Waals surface area contributed by atoms with E-state index in [0.717, 1.165) is 0 Å². The molecule has 0 aromatic rings. The molecule has 0 radical (unpaired) electrons. The first-order chi connectivity index (χ1) is 4.18. The van der Waals surface area contributed by atoms with Gasteiger partial charge >= 0.3 is 0 Å². The minimum atomic E-state index is -0.560. The second-order valence-electron chi connectivity index (χ2n) is 1.54. The molecule has 0 aromatic heterocycles. The van der Waals surface area contributed by atoms with Gasteiger partial charge in [-0.1, -0.05) is 0 Å². The molecule has 58 valence electrons. The largest absolute Gasteiger partial charge is 0.395 e. The van der Waals surface area contributed by atoms with E-state index in [1.54, 1.807) is 0 Å². The summed E-state index contributed by atoms with van der Waals surface area (Å²) in [6, 6.07) is 0. The van der Waals surface area contributed by atoms with Crippen molar-refractivity contribution in [3.8, 4) is 0 Å². The van der Waals surface area contributed by atoms with Gasteiger partial charge < -0.3 is 21.1 Å². The Morgan fingerprint density at radius 2 is 1.67 bits per heavy atom. The molecular weight excluding hydrogens is 122 g/mol. The fourth-order valence-electron chi connectivity index (χ4n) is 0. The van der Waals surface area contributed by atoms with Crippen molar-refractivity contribution in [2.45, 2.75) is 13.0 Å². The van der Waals surface area contributed by atoms with Crippen molar-refractivity contribution in [3.63, 3.8) is 0 Å². The smallest absolute Gasteiger partial charge is 0.0742 e. The van der Waals surface area contributed by atoms with Gasteiger partial charge in [-0.3, -0.25) is 0 Å². The summed E-state index contributed by atoms with van der Waals surface area (Å²) < 4.78 is 0. The molecule has 0 saturated heterocycles. The topological polar surface area (TPSA) is 86.7 Å². The number of aliphatic hydroxyl groups is 3. The van der Waals surface area contributed by atoms with Gasteiger partial charge in [-0.15, -0.1) is 0 Å². The van der Waals surface area contributed by atoms with Crippen LogP contribution in [0.1, 0.15) is 6.92 Å². The highest BCUT2D eigenvalue weighted by Crippen LogP contribution is 1.68. The molecular formula is C5H15NO3. The van der Waals surface area contributed by atoms with Gasteiger partial charge in [0.15, 0.2) is 0 Å². The van der Waals surface area contributed by atoms with Crippen LogP contribution in [0.2, 0.25) is 0 Å². The Hall–Kier alpha value is -0.160. The van der Waals surface area contributed by atoms with Gasteiger partial charge in [-0.05, 0) is 6.92 Å². The second-order valence-corrected chi connectivity index (χ2v) is 1.54. The maximum Gasteiger partial charge on any atom is 0.0742 e. The predicted octanol–water partition coefficient (Wildman–Crippen LogP) is -1.70. The van der Waals surface area contributed by atoms with E-state index in [0.29, 0.717) is 6.54 Å². The van der Waals surface area contributed by atoms with Crippen molar-refractivity contribution in [2.24, 2.45) is 5.73 Å². The third-order valence-corrected chi connectivity index (χ3v) is 0.393. The molecule has 9 heavy (non-hydrogen) atoms. The fourth-order valence-corrected chi connectivity index (χ4v) is 0. The summed E-state index contributed by atoms with van der Waals surface area (Å²) in [6.07, 6.45) is -0.560. The van der Waals surface area contributed by atoms with E-state index >= 15 is 0 Å². The maximum atomic E-state index is 8.11. The Bertz CT molecular complexity index is 39.2. The summed E-state index contributed by atoms with van der Waals surface area (Å²) in [7, 11) is 0. The van der Waals surface area contributed by atoms with Gasteiger partial charge in [0.25, 0.3) is 0 Å².